The molecular weight excluding hydrogens is 386 g/mol. The zero-order chi connectivity index (χ0) is 22.2. The van der Waals surface area contributed by atoms with Gasteiger partial charge in [-0.05, 0) is 44.7 Å². The molecule has 3 rings (SSSR count). The summed E-state index contributed by atoms with van der Waals surface area (Å²) in [6.07, 6.45) is 0. The number of benzene rings is 2. The Bertz CT molecular complexity index is 828. The van der Waals surface area contributed by atoms with Crippen molar-refractivity contribution in [1.82, 2.24) is 5.32 Å². The highest BCUT2D eigenvalue weighted by Crippen LogP contribution is 2.45. The Labute approximate surface area is 177 Å². The molecule has 0 bridgehead atoms. The molecule has 0 fully saturated rings. The summed E-state index contributed by atoms with van der Waals surface area (Å²) < 4.78 is 23.1. The number of carboxylic acids is 1. The first-order chi connectivity index (χ1) is 14.3. The van der Waals surface area contributed by atoms with Gasteiger partial charge in [-0.1, -0.05) is 30.3 Å². The molecule has 0 saturated carbocycles. The second-order valence-electron chi connectivity index (χ2n) is 6.94. The number of hydrogen-bond acceptors (Lipinski definition) is 6. The third kappa shape index (κ3) is 5.50. The van der Waals surface area contributed by atoms with Crippen LogP contribution in [0, 0.1) is 0 Å². The molecule has 0 amide bonds. The molecule has 0 aliphatic carbocycles. The molecule has 0 spiro atoms. The second-order valence-corrected chi connectivity index (χ2v) is 6.94. The van der Waals surface area contributed by atoms with Gasteiger partial charge >= 0.3 is 5.97 Å². The van der Waals surface area contributed by atoms with E-state index in [2.05, 4.69) is 17.4 Å². The Balaban J connectivity index is 0.000000297. The van der Waals surface area contributed by atoms with Crippen LogP contribution in [0.3, 0.4) is 0 Å². The maximum absolute atomic E-state index is 11.1. The first-order valence-corrected chi connectivity index (χ1v) is 10.00. The Morgan fingerprint density at radius 1 is 0.967 bits per heavy atom. The number of rotatable bonds is 7. The largest absolute Gasteiger partial charge is 0.478 e. The van der Waals surface area contributed by atoms with E-state index in [1.165, 1.54) is 17.7 Å². The lowest BCUT2D eigenvalue weighted by Crippen LogP contribution is -2.63. The van der Waals surface area contributed by atoms with Crippen LogP contribution < -0.4 is 14.8 Å². The highest BCUT2D eigenvalue weighted by Gasteiger charge is 2.55. The van der Waals surface area contributed by atoms with Crippen molar-refractivity contribution >= 4 is 5.97 Å². The van der Waals surface area contributed by atoms with Gasteiger partial charge in [0.25, 0.3) is 11.6 Å². The summed E-state index contributed by atoms with van der Waals surface area (Å²) in [6.45, 7) is 8.92. The van der Waals surface area contributed by atoms with Crippen molar-refractivity contribution in [2.45, 2.75) is 45.8 Å². The molecule has 7 heteroatoms. The van der Waals surface area contributed by atoms with Crippen LogP contribution in [-0.4, -0.2) is 42.9 Å². The second kappa shape index (κ2) is 10.4. The van der Waals surface area contributed by atoms with Gasteiger partial charge in [0, 0.05) is 33.6 Å². The maximum Gasteiger partial charge on any atom is 0.335 e. The number of fused-ring (bicyclic) bond motifs is 1. The van der Waals surface area contributed by atoms with Gasteiger partial charge in [-0.2, -0.15) is 0 Å². The Hall–Kier alpha value is -2.61. The standard InChI is InChI=1S/C15H20O6.C8H11N/c1-5-18-14(3)15(4,19-6-2)21-12-9-10(13(16)17)7-8-11(12)20-14;1-9-7-8-5-3-2-4-6-8/h7-9H,5-6H2,1-4H3,(H,16,17);2-6,9H,7H2,1H3. The van der Waals surface area contributed by atoms with Crippen molar-refractivity contribution in [2.75, 3.05) is 20.3 Å². The number of nitrogens with one attached hydrogen (secondary N) is 1. The molecular formula is C23H31NO6. The van der Waals surface area contributed by atoms with E-state index in [1.807, 2.05) is 39.1 Å². The van der Waals surface area contributed by atoms with Gasteiger partial charge < -0.3 is 29.4 Å². The van der Waals surface area contributed by atoms with Crippen molar-refractivity contribution in [2.24, 2.45) is 0 Å². The highest BCUT2D eigenvalue weighted by atomic mass is 16.8. The van der Waals surface area contributed by atoms with Crippen LogP contribution in [-0.2, 0) is 16.0 Å². The number of hydrogen-bond donors (Lipinski definition) is 2. The van der Waals surface area contributed by atoms with E-state index in [0.717, 1.165) is 6.54 Å². The predicted molar refractivity (Wildman–Crippen MR) is 114 cm³/mol. The van der Waals surface area contributed by atoms with Crippen molar-refractivity contribution in [3.05, 3.63) is 59.7 Å². The van der Waals surface area contributed by atoms with E-state index in [4.69, 9.17) is 24.1 Å². The van der Waals surface area contributed by atoms with E-state index >= 15 is 0 Å². The van der Waals surface area contributed by atoms with Gasteiger partial charge in [-0.3, -0.25) is 0 Å². The molecule has 2 aromatic carbocycles. The van der Waals surface area contributed by atoms with Gasteiger partial charge in [0.1, 0.15) is 0 Å². The van der Waals surface area contributed by atoms with Crippen molar-refractivity contribution < 1.29 is 28.8 Å². The van der Waals surface area contributed by atoms with Crippen LogP contribution in [0.4, 0.5) is 0 Å². The predicted octanol–water partition coefficient (Wildman–Crippen LogP) is 4.07. The molecule has 2 N–H and O–H groups in total. The highest BCUT2D eigenvalue weighted by molar-refractivity contribution is 5.88. The van der Waals surface area contributed by atoms with Crippen molar-refractivity contribution in [3.8, 4) is 11.5 Å². The average molecular weight is 418 g/mol. The molecule has 0 saturated heterocycles. The van der Waals surface area contributed by atoms with Crippen LogP contribution in [0.1, 0.15) is 43.6 Å². The Kier molecular flexibility index (Phi) is 8.23. The molecule has 2 aromatic rings. The molecule has 1 aliphatic heterocycles. The molecule has 0 radical (unpaired) electrons. The lowest BCUT2D eigenvalue weighted by Gasteiger charge is -2.47. The zero-order valence-electron chi connectivity index (χ0n) is 18.2. The van der Waals surface area contributed by atoms with Crippen LogP contribution >= 0.6 is 0 Å². The number of aromatic carboxylic acids is 1. The van der Waals surface area contributed by atoms with E-state index < -0.39 is 17.5 Å². The summed E-state index contributed by atoms with van der Waals surface area (Å²) in [6, 6.07) is 14.8. The van der Waals surface area contributed by atoms with Gasteiger partial charge in [0.15, 0.2) is 11.5 Å². The molecule has 2 atom stereocenters. The number of ether oxygens (including phenoxy) is 4. The fourth-order valence-electron chi connectivity index (χ4n) is 3.08. The lowest BCUT2D eigenvalue weighted by molar-refractivity contribution is -0.357. The molecule has 164 valence electrons. The summed E-state index contributed by atoms with van der Waals surface area (Å²) in [5.41, 5.74) is 1.45. The van der Waals surface area contributed by atoms with Crippen molar-refractivity contribution in [3.63, 3.8) is 0 Å². The van der Waals surface area contributed by atoms with Gasteiger partial charge in [-0.25, -0.2) is 4.79 Å². The topological polar surface area (TPSA) is 86.3 Å². The third-order valence-corrected chi connectivity index (χ3v) is 4.69. The van der Waals surface area contributed by atoms with Crippen LogP contribution in [0.5, 0.6) is 11.5 Å². The summed E-state index contributed by atoms with van der Waals surface area (Å²) in [5, 5.41) is 12.1. The third-order valence-electron chi connectivity index (χ3n) is 4.69. The van der Waals surface area contributed by atoms with Gasteiger partial charge in [-0.15, -0.1) is 0 Å². The molecule has 0 aromatic heterocycles. The van der Waals surface area contributed by atoms with Crippen LogP contribution in [0.2, 0.25) is 0 Å². The van der Waals surface area contributed by atoms with E-state index in [-0.39, 0.29) is 5.56 Å². The summed E-state index contributed by atoms with van der Waals surface area (Å²) in [7, 11) is 1.95. The molecule has 7 nitrogen and oxygen atoms in total. The minimum atomic E-state index is -1.18. The minimum Gasteiger partial charge on any atom is -0.478 e. The average Bonchev–Trinajstić information content (AvgIpc) is 2.70. The lowest BCUT2D eigenvalue weighted by atomic mass is 10.1. The summed E-state index contributed by atoms with van der Waals surface area (Å²) in [5.74, 6) is -2.59. The summed E-state index contributed by atoms with van der Waals surface area (Å²) in [4.78, 5) is 11.1. The van der Waals surface area contributed by atoms with E-state index in [1.54, 1.807) is 19.9 Å². The monoisotopic (exact) mass is 417 g/mol. The molecule has 2 unspecified atom stereocenters. The fourth-order valence-corrected chi connectivity index (χ4v) is 3.08. The van der Waals surface area contributed by atoms with Crippen LogP contribution in [0.25, 0.3) is 0 Å². The molecule has 30 heavy (non-hydrogen) atoms. The Morgan fingerprint density at radius 2 is 1.53 bits per heavy atom. The number of carboxylic acid groups (broad SMARTS) is 1. The fraction of sp³-hybridized carbons (Fsp3) is 0.435. The van der Waals surface area contributed by atoms with Crippen LogP contribution in [0.15, 0.2) is 48.5 Å². The normalized spacial score (nSPS) is 22.0. The SMILES string of the molecule is CCOC1(C)Oc2ccc(C(=O)O)cc2OC1(C)OCC.CNCc1ccccc1. The van der Waals surface area contributed by atoms with Gasteiger partial charge in [0.05, 0.1) is 5.56 Å². The van der Waals surface area contributed by atoms with Gasteiger partial charge in [0.2, 0.25) is 0 Å². The molecule has 1 heterocycles. The summed E-state index contributed by atoms with van der Waals surface area (Å²) >= 11 is 0. The smallest absolute Gasteiger partial charge is 0.335 e. The number of carbonyl (C=O) groups is 1. The first-order valence-electron chi connectivity index (χ1n) is 10.00. The Morgan fingerprint density at radius 3 is 2.03 bits per heavy atom. The molecule has 1 aliphatic rings. The van der Waals surface area contributed by atoms with E-state index in [0.29, 0.717) is 24.7 Å². The van der Waals surface area contributed by atoms with E-state index in [9.17, 15) is 4.79 Å². The minimum absolute atomic E-state index is 0.121. The quantitative estimate of drug-likeness (QED) is 0.702. The van der Waals surface area contributed by atoms with Crippen molar-refractivity contribution in [1.29, 1.82) is 0 Å². The first kappa shape index (κ1) is 23.7. The zero-order valence-corrected chi connectivity index (χ0v) is 18.2. The maximum atomic E-state index is 11.1.